The highest BCUT2D eigenvalue weighted by Crippen LogP contribution is 2.23. The molecule has 1 aromatic heterocycles. The van der Waals surface area contributed by atoms with Crippen LogP contribution in [0.4, 0.5) is 10.3 Å². The van der Waals surface area contributed by atoms with Gasteiger partial charge in [-0.05, 0) is 50.6 Å². The smallest absolute Gasteiger partial charge is 0.258 e. The third-order valence-corrected chi connectivity index (χ3v) is 4.14. The summed E-state index contributed by atoms with van der Waals surface area (Å²) in [5.74, 6) is 0.649. The lowest BCUT2D eigenvalue weighted by Gasteiger charge is -2.19. The molecule has 3 rings (SSSR count). The van der Waals surface area contributed by atoms with Crippen molar-refractivity contribution in [3.8, 4) is 0 Å². The average Bonchev–Trinajstić information content (AvgIpc) is 2.92. The van der Waals surface area contributed by atoms with Crippen molar-refractivity contribution < 1.29 is 9.18 Å². The summed E-state index contributed by atoms with van der Waals surface area (Å²) in [6.45, 7) is 3.56. The molecule has 1 aromatic carbocycles. The molecule has 23 heavy (non-hydrogen) atoms. The minimum atomic E-state index is -0.397. The largest absolute Gasteiger partial charge is 0.317 e. The molecule has 2 heterocycles. The van der Waals surface area contributed by atoms with Gasteiger partial charge in [0.2, 0.25) is 5.95 Å². The number of carbonyl (C=O) groups excluding carboxylic acids is 1. The molecule has 0 spiro atoms. The number of carbonyl (C=O) groups is 1. The van der Waals surface area contributed by atoms with Crippen LogP contribution in [0.1, 0.15) is 40.5 Å². The SMILES string of the molecule is Cc1ccc(C(=O)Nc2nc(C3CCNCC3)nn2C)cc1F. The molecule has 0 saturated carbocycles. The molecule has 2 N–H and O–H groups in total. The monoisotopic (exact) mass is 317 g/mol. The lowest BCUT2D eigenvalue weighted by molar-refractivity contribution is 0.102. The highest BCUT2D eigenvalue weighted by atomic mass is 19.1. The van der Waals surface area contributed by atoms with E-state index in [0.29, 0.717) is 17.4 Å². The van der Waals surface area contributed by atoms with Crippen molar-refractivity contribution in [1.82, 2.24) is 20.1 Å². The van der Waals surface area contributed by atoms with E-state index in [-0.39, 0.29) is 5.56 Å². The summed E-state index contributed by atoms with van der Waals surface area (Å²) >= 11 is 0. The van der Waals surface area contributed by atoms with Crippen molar-refractivity contribution in [3.63, 3.8) is 0 Å². The van der Waals surface area contributed by atoms with E-state index in [0.717, 1.165) is 31.8 Å². The minimum absolute atomic E-state index is 0.263. The summed E-state index contributed by atoms with van der Waals surface area (Å²) in [4.78, 5) is 16.7. The predicted octanol–water partition coefficient (Wildman–Crippen LogP) is 1.98. The number of hydrogen-bond donors (Lipinski definition) is 2. The van der Waals surface area contributed by atoms with E-state index in [2.05, 4.69) is 20.7 Å². The Morgan fingerprint density at radius 3 is 2.83 bits per heavy atom. The van der Waals surface area contributed by atoms with Gasteiger partial charge < -0.3 is 5.32 Å². The molecule has 0 radical (unpaired) electrons. The maximum Gasteiger partial charge on any atom is 0.258 e. The van der Waals surface area contributed by atoms with Crippen molar-refractivity contribution in [1.29, 1.82) is 0 Å². The molecule has 6 nitrogen and oxygen atoms in total. The van der Waals surface area contributed by atoms with E-state index < -0.39 is 11.7 Å². The fraction of sp³-hybridized carbons (Fsp3) is 0.438. The summed E-state index contributed by atoms with van der Waals surface area (Å²) in [6, 6.07) is 4.41. The van der Waals surface area contributed by atoms with Gasteiger partial charge in [-0.3, -0.25) is 10.1 Å². The van der Waals surface area contributed by atoms with Gasteiger partial charge >= 0.3 is 0 Å². The lowest BCUT2D eigenvalue weighted by Crippen LogP contribution is -2.27. The van der Waals surface area contributed by atoms with Crippen molar-refractivity contribution in [2.45, 2.75) is 25.7 Å². The molecule has 1 saturated heterocycles. The number of benzene rings is 1. The maximum absolute atomic E-state index is 13.6. The standard InChI is InChI=1S/C16H20FN5O/c1-10-3-4-12(9-13(10)17)15(23)20-16-19-14(21-22(16)2)11-5-7-18-8-6-11/h3-4,9,11,18H,5-8H2,1-2H3,(H,19,20,21,23). The van der Waals surface area contributed by atoms with Gasteiger partial charge in [-0.2, -0.15) is 10.1 Å². The van der Waals surface area contributed by atoms with E-state index in [1.54, 1.807) is 30.8 Å². The van der Waals surface area contributed by atoms with Crippen molar-refractivity contribution in [3.05, 3.63) is 41.0 Å². The summed E-state index contributed by atoms with van der Waals surface area (Å²) < 4.78 is 15.1. The van der Waals surface area contributed by atoms with Gasteiger partial charge in [0.15, 0.2) is 5.82 Å². The van der Waals surface area contributed by atoms with Crippen molar-refractivity contribution in [2.24, 2.45) is 7.05 Å². The van der Waals surface area contributed by atoms with Gasteiger partial charge in [0.05, 0.1) is 0 Å². The van der Waals surface area contributed by atoms with Gasteiger partial charge in [0.1, 0.15) is 5.82 Å². The van der Waals surface area contributed by atoms with Gasteiger partial charge in [-0.25, -0.2) is 9.07 Å². The third kappa shape index (κ3) is 3.39. The van der Waals surface area contributed by atoms with Crippen LogP contribution >= 0.6 is 0 Å². The molecule has 2 aromatic rings. The van der Waals surface area contributed by atoms with Crippen molar-refractivity contribution >= 4 is 11.9 Å². The van der Waals surface area contributed by atoms with Crippen LogP contribution in [0.15, 0.2) is 18.2 Å². The number of anilines is 1. The molecular weight excluding hydrogens is 297 g/mol. The number of amides is 1. The van der Waals surface area contributed by atoms with Crippen LogP contribution < -0.4 is 10.6 Å². The fourth-order valence-corrected chi connectivity index (χ4v) is 2.67. The quantitative estimate of drug-likeness (QED) is 0.908. The molecule has 0 bridgehead atoms. The first-order valence-electron chi connectivity index (χ1n) is 7.74. The van der Waals surface area contributed by atoms with Gasteiger partial charge in [-0.1, -0.05) is 6.07 Å². The summed E-state index contributed by atoms with van der Waals surface area (Å²) in [5.41, 5.74) is 0.771. The second kappa shape index (κ2) is 6.45. The molecule has 0 atom stereocenters. The normalized spacial score (nSPS) is 15.6. The van der Waals surface area contributed by atoms with E-state index in [4.69, 9.17) is 0 Å². The van der Waals surface area contributed by atoms with Gasteiger partial charge in [0, 0.05) is 18.5 Å². The zero-order chi connectivity index (χ0) is 16.4. The molecule has 1 aliphatic heterocycles. The van der Waals surface area contributed by atoms with E-state index in [1.165, 1.54) is 6.07 Å². The Balaban J connectivity index is 1.75. The topological polar surface area (TPSA) is 71.8 Å². The van der Waals surface area contributed by atoms with E-state index in [1.807, 2.05) is 0 Å². The molecule has 1 amide bonds. The molecule has 1 fully saturated rings. The molecule has 7 heteroatoms. The predicted molar refractivity (Wildman–Crippen MR) is 84.9 cm³/mol. The van der Waals surface area contributed by atoms with E-state index in [9.17, 15) is 9.18 Å². The zero-order valence-corrected chi connectivity index (χ0v) is 13.3. The molecular formula is C16H20FN5O. The number of halogens is 1. The Labute approximate surface area is 134 Å². The molecule has 1 aliphatic rings. The lowest BCUT2D eigenvalue weighted by atomic mass is 9.98. The second-order valence-corrected chi connectivity index (χ2v) is 5.86. The van der Waals surface area contributed by atoms with Crippen LogP contribution in [-0.4, -0.2) is 33.8 Å². The Morgan fingerprint density at radius 2 is 2.13 bits per heavy atom. The highest BCUT2D eigenvalue weighted by Gasteiger charge is 2.21. The second-order valence-electron chi connectivity index (χ2n) is 5.86. The summed E-state index contributed by atoms with van der Waals surface area (Å²) in [5, 5.41) is 10.4. The number of aryl methyl sites for hydroxylation is 2. The first-order chi connectivity index (χ1) is 11.0. The number of aromatic nitrogens is 3. The summed E-state index contributed by atoms with van der Waals surface area (Å²) in [6.07, 6.45) is 1.97. The number of nitrogens with one attached hydrogen (secondary N) is 2. The Hall–Kier alpha value is -2.28. The number of hydrogen-bond acceptors (Lipinski definition) is 4. The number of piperidine rings is 1. The Morgan fingerprint density at radius 1 is 1.39 bits per heavy atom. The molecule has 0 unspecified atom stereocenters. The first kappa shape index (κ1) is 15.6. The Bertz CT molecular complexity index is 721. The molecule has 122 valence electrons. The van der Waals surface area contributed by atoms with Gasteiger partial charge in [0.25, 0.3) is 5.91 Å². The van der Waals surface area contributed by atoms with Crippen LogP contribution in [0.5, 0.6) is 0 Å². The summed E-state index contributed by atoms with van der Waals surface area (Å²) in [7, 11) is 1.74. The Kier molecular flexibility index (Phi) is 4.38. The number of rotatable bonds is 3. The zero-order valence-electron chi connectivity index (χ0n) is 13.3. The van der Waals surface area contributed by atoms with Gasteiger partial charge in [-0.15, -0.1) is 0 Å². The van der Waals surface area contributed by atoms with Crippen LogP contribution in [0.3, 0.4) is 0 Å². The fourth-order valence-electron chi connectivity index (χ4n) is 2.67. The number of nitrogens with zero attached hydrogens (tertiary/aromatic N) is 3. The van der Waals surface area contributed by atoms with Crippen LogP contribution in [0.25, 0.3) is 0 Å². The van der Waals surface area contributed by atoms with Crippen LogP contribution in [0, 0.1) is 12.7 Å². The van der Waals surface area contributed by atoms with E-state index >= 15 is 0 Å². The average molecular weight is 317 g/mol. The molecule has 0 aliphatic carbocycles. The van der Waals surface area contributed by atoms with Crippen LogP contribution in [-0.2, 0) is 7.05 Å². The third-order valence-electron chi connectivity index (χ3n) is 4.14. The minimum Gasteiger partial charge on any atom is -0.317 e. The maximum atomic E-state index is 13.6. The highest BCUT2D eigenvalue weighted by molar-refractivity contribution is 6.03. The van der Waals surface area contributed by atoms with Crippen molar-refractivity contribution in [2.75, 3.05) is 18.4 Å². The first-order valence-corrected chi connectivity index (χ1v) is 7.74. The van der Waals surface area contributed by atoms with Crippen LogP contribution in [0.2, 0.25) is 0 Å².